The molecule has 1 amide bonds. The van der Waals surface area contributed by atoms with Crippen molar-refractivity contribution in [2.45, 2.75) is 12.8 Å². The number of sulfonamides is 1. The van der Waals surface area contributed by atoms with E-state index in [-0.39, 0.29) is 11.8 Å². The topological polar surface area (TPSA) is 66.5 Å². The zero-order valence-electron chi connectivity index (χ0n) is 12.6. The van der Waals surface area contributed by atoms with Crippen LogP contribution in [0.2, 0.25) is 0 Å². The maximum atomic E-state index is 12.0. The number of hydrogen-bond donors (Lipinski definition) is 1. The molecule has 0 unspecified atom stereocenters. The van der Waals surface area contributed by atoms with Crippen LogP contribution in [0.15, 0.2) is 30.3 Å². The van der Waals surface area contributed by atoms with Crippen LogP contribution in [0.1, 0.15) is 18.4 Å². The van der Waals surface area contributed by atoms with Crippen molar-refractivity contribution in [3.8, 4) is 11.8 Å². The van der Waals surface area contributed by atoms with Crippen LogP contribution in [0.5, 0.6) is 0 Å². The molecule has 2 rings (SSSR count). The standard InChI is InChI=1S/C16H20N2O3S/c1-22(20,21)18-12-9-15(10-13-18)16(19)17-11-5-8-14-6-3-2-4-7-14/h2-4,6-7,15H,9-13H2,1H3,(H,17,19). The van der Waals surface area contributed by atoms with Crippen molar-refractivity contribution in [2.75, 3.05) is 25.9 Å². The summed E-state index contributed by atoms with van der Waals surface area (Å²) in [5, 5.41) is 2.80. The Morgan fingerprint density at radius 3 is 2.50 bits per heavy atom. The van der Waals surface area contributed by atoms with Gasteiger partial charge in [0.05, 0.1) is 12.8 Å². The molecule has 0 atom stereocenters. The van der Waals surface area contributed by atoms with Gasteiger partial charge in [-0.2, -0.15) is 0 Å². The van der Waals surface area contributed by atoms with Gasteiger partial charge in [-0.25, -0.2) is 12.7 Å². The third-order valence-electron chi connectivity index (χ3n) is 3.65. The lowest BCUT2D eigenvalue weighted by Gasteiger charge is -2.29. The second-order valence-electron chi connectivity index (χ2n) is 5.32. The van der Waals surface area contributed by atoms with Gasteiger partial charge in [-0.15, -0.1) is 0 Å². The van der Waals surface area contributed by atoms with Gasteiger partial charge in [0.2, 0.25) is 15.9 Å². The highest BCUT2D eigenvalue weighted by atomic mass is 32.2. The number of hydrogen-bond acceptors (Lipinski definition) is 3. The van der Waals surface area contributed by atoms with E-state index >= 15 is 0 Å². The number of rotatable bonds is 3. The van der Waals surface area contributed by atoms with E-state index in [0.29, 0.717) is 32.5 Å². The first-order valence-electron chi connectivity index (χ1n) is 7.23. The summed E-state index contributed by atoms with van der Waals surface area (Å²) in [6, 6.07) is 9.58. The SMILES string of the molecule is CS(=O)(=O)N1CCC(C(=O)NCC#Cc2ccccc2)CC1. The molecule has 5 nitrogen and oxygen atoms in total. The molecule has 1 N–H and O–H groups in total. The first-order valence-corrected chi connectivity index (χ1v) is 9.08. The zero-order chi connectivity index (χ0) is 16.0. The lowest BCUT2D eigenvalue weighted by atomic mass is 9.97. The van der Waals surface area contributed by atoms with Crippen molar-refractivity contribution in [1.82, 2.24) is 9.62 Å². The lowest BCUT2D eigenvalue weighted by molar-refractivity contribution is -0.125. The van der Waals surface area contributed by atoms with Crippen molar-refractivity contribution in [2.24, 2.45) is 5.92 Å². The average Bonchev–Trinajstić information content (AvgIpc) is 2.52. The van der Waals surface area contributed by atoms with Crippen LogP contribution >= 0.6 is 0 Å². The van der Waals surface area contributed by atoms with Gasteiger partial charge in [0, 0.05) is 24.6 Å². The van der Waals surface area contributed by atoms with Crippen LogP contribution in [0.25, 0.3) is 0 Å². The molecule has 1 fully saturated rings. The normalized spacial score (nSPS) is 16.6. The smallest absolute Gasteiger partial charge is 0.223 e. The molecule has 0 saturated carbocycles. The Labute approximate surface area is 131 Å². The van der Waals surface area contributed by atoms with Gasteiger partial charge >= 0.3 is 0 Å². The van der Waals surface area contributed by atoms with Crippen LogP contribution in [0.4, 0.5) is 0 Å². The molecule has 1 aromatic rings. The first kappa shape index (κ1) is 16.5. The highest BCUT2D eigenvalue weighted by Gasteiger charge is 2.28. The van der Waals surface area contributed by atoms with E-state index in [0.717, 1.165) is 5.56 Å². The van der Waals surface area contributed by atoms with E-state index in [4.69, 9.17) is 0 Å². The highest BCUT2D eigenvalue weighted by molar-refractivity contribution is 7.88. The molecule has 6 heteroatoms. The summed E-state index contributed by atoms with van der Waals surface area (Å²) in [7, 11) is -3.15. The Morgan fingerprint density at radius 1 is 1.27 bits per heavy atom. The minimum absolute atomic E-state index is 0.0458. The highest BCUT2D eigenvalue weighted by Crippen LogP contribution is 2.19. The molecule has 118 valence electrons. The Kier molecular flexibility index (Phi) is 5.58. The Bertz CT molecular complexity index is 666. The van der Waals surface area contributed by atoms with E-state index in [1.54, 1.807) is 0 Å². The van der Waals surface area contributed by atoms with E-state index in [1.807, 2.05) is 30.3 Å². The third kappa shape index (κ3) is 4.86. The predicted molar refractivity (Wildman–Crippen MR) is 85.5 cm³/mol. The van der Waals surface area contributed by atoms with Crippen LogP contribution in [0, 0.1) is 17.8 Å². The Balaban J connectivity index is 1.76. The molecule has 0 aromatic heterocycles. The molecule has 1 aliphatic rings. The number of nitrogens with zero attached hydrogens (tertiary/aromatic N) is 1. The largest absolute Gasteiger partial charge is 0.345 e. The second kappa shape index (κ2) is 7.43. The van der Waals surface area contributed by atoms with Gasteiger partial charge in [-0.3, -0.25) is 4.79 Å². The van der Waals surface area contributed by atoms with Crippen molar-refractivity contribution >= 4 is 15.9 Å². The second-order valence-corrected chi connectivity index (χ2v) is 7.30. The third-order valence-corrected chi connectivity index (χ3v) is 4.95. The molecule has 22 heavy (non-hydrogen) atoms. The van der Waals surface area contributed by atoms with Gasteiger partial charge in [0.15, 0.2) is 0 Å². The molecule has 0 aliphatic carbocycles. The molecular formula is C16H20N2O3S. The van der Waals surface area contributed by atoms with E-state index in [2.05, 4.69) is 17.2 Å². The van der Waals surface area contributed by atoms with E-state index in [9.17, 15) is 13.2 Å². The van der Waals surface area contributed by atoms with Crippen molar-refractivity contribution in [3.05, 3.63) is 35.9 Å². The van der Waals surface area contributed by atoms with Gasteiger partial charge in [-0.1, -0.05) is 30.0 Å². The van der Waals surface area contributed by atoms with Gasteiger partial charge < -0.3 is 5.32 Å². The van der Waals surface area contributed by atoms with E-state index in [1.165, 1.54) is 10.6 Å². The summed E-state index contributed by atoms with van der Waals surface area (Å²) in [5.74, 6) is 5.72. The quantitative estimate of drug-likeness (QED) is 0.839. The number of piperidine rings is 1. The zero-order valence-corrected chi connectivity index (χ0v) is 13.4. The predicted octanol–water partition coefficient (Wildman–Crippen LogP) is 0.826. The van der Waals surface area contributed by atoms with Gasteiger partial charge in [-0.05, 0) is 25.0 Å². The van der Waals surface area contributed by atoms with Crippen LogP contribution in [-0.2, 0) is 14.8 Å². The monoisotopic (exact) mass is 320 g/mol. The first-order chi connectivity index (χ1) is 10.5. The summed E-state index contributed by atoms with van der Waals surface area (Å²) in [5.41, 5.74) is 0.915. The Hall–Kier alpha value is -1.84. The minimum atomic E-state index is -3.15. The summed E-state index contributed by atoms with van der Waals surface area (Å²) >= 11 is 0. The summed E-state index contributed by atoms with van der Waals surface area (Å²) in [4.78, 5) is 12.0. The number of carbonyl (C=O) groups is 1. The summed E-state index contributed by atoms with van der Waals surface area (Å²) in [6.45, 7) is 1.12. The molecule has 1 aromatic carbocycles. The minimum Gasteiger partial charge on any atom is -0.345 e. The molecule has 0 radical (unpaired) electrons. The average molecular weight is 320 g/mol. The Morgan fingerprint density at radius 2 is 1.91 bits per heavy atom. The fourth-order valence-corrected chi connectivity index (χ4v) is 3.27. The number of benzene rings is 1. The van der Waals surface area contributed by atoms with E-state index < -0.39 is 10.0 Å². The van der Waals surface area contributed by atoms with Crippen molar-refractivity contribution in [1.29, 1.82) is 0 Å². The van der Waals surface area contributed by atoms with Crippen LogP contribution in [-0.4, -0.2) is 44.5 Å². The molecule has 0 spiro atoms. The molecule has 1 saturated heterocycles. The number of nitrogens with one attached hydrogen (secondary N) is 1. The van der Waals surface area contributed by atoms with Crippen LogP contribution in [0.3, 0.4) is 0 Å². The maximum absolute atomic E-state index is 12.0. The van der Waals surface area contributed by atoms with Crippen molar-refractivity contribution in [3.63, 3.8) is 0 Å². The molecule has 1 aliphatic heterocycles. The summed E-state index contributed by atoms with van der Waals surface area (Å²) < 4.78 is 24.3. The van der Waals surface area contributed by atoms with Crippen LogP contribution < -0.4 is 5.32 Å². The molecule has 1 heterocycles. The number of carbonyl (C=O) groups excluding carboxylic acids is 1. The van der Waals surface area contributed by atoms with Gasteiger partial charge in [0.1, 0.15) is 0 Å². The molecule has 0 bridgehead atoms. The van der Waals surface area contributed by atoms with Gasteiger partial charge in [0.25, 0.3) is 0 Å². The summed E-state index contributed by atoms with van der Waals surface area (Å²) in [6.07, 6.45) is 2.32. The fourth-order valence-electron chi connectivity index (χ4n) is 2.39. The fraction of sp³-hybridized carbons (Fsp3) is 0.438. The number of amides is 1. The van der Waals surface area contributed by atoms with Crippen molar-refractivity contribution < 1.29 is 13.2 Å². The lowest BCUT2D eigenvalue weighted by Crippen LogP contribution is -2.42. The maximum Gasteiger partial charge on any atom is 0.223 e. The molecular weight excluding hydrogens is 300 g/mol.